The predicted molar refractivity (Wildman–Crippen MR) is 175 cm³/mol. The Bertz CT molecular complexity index is 1220. The van der Waals surface area contributed by atoms with Crippen LogP contribution in [0.15, 0.2) is 35.3 Å². The number of nitrogens with zero attached hydrogens (tertiary/aromatic N) is 1. The van der Waals surface area contributed by atoms with Gasteiger partial charge in [-0.1, -0.05) is 44.2 Å². The molecule has 16 heteroatoms. The molecule has 13 N–H and O–H groups in total. The normalized spacial score (nSPS) is 14.1. The molecule has 0 saturated carbocycles. The minimum Gasteiger partial charge on any atom is -0.481 e. The molecule has 5 atom stereocenters. The number of guanidine groups is 1. The van der Waals surface area contributed by atoms with E-state index in [0.717, 1.165) is 0 Å². The molecule has 0 bridgehead atoms. The van der Waals surface area contributed by atoms with Crippen LogP contribution in [0.5, 0.6) is 0 Å². The van der Waals surface area contributed by atoms with Crippen LogP contribution in [0.25, 0.3) is 0 Å². The van der Waals surface area contributed by atoms with Crippen molar-refractivity contribution in [1.82, 2.24) is 16.0 Å². The summed E-state index contributed by atoms with van der Waals surface area (Å²) >= 11 is 0. The number of amides is 3. The topological polar surface area (TPSA) is 295 Å². The molecule has 0 radical (unpaired) electrons. The first-order chi connectivity index (χ1) is 22.2. The highest BCUT2D eigenvalue weighted by atomic mass is 16.4. The number of hydrogen-bond acceptors (Lipinski definition) is 9. The number of Topliss-reactive ketones (excluding diaryl/α,β-unsaturated/α-hetero) is 1. The number of carbonyl (C=O) groups is 6. The number of nitrogens with two attached hydrogens (primary N) is 4. The van der Waals surface area contributed by atoms with E-state index >= 15 is 0 Å². The third-order valence-electron chi connectivity index (χ3n) is 7.43. The number of aliphatic carboxylic acids is 2. The van der Waals surface area contributed by atoms with Crippen molar-refractivity contribution >= 4 is 41.4 Å². The molecule has 0 spiro atoms. The van der Waals surface area contributed by atoms with Crippen LogP contribution in [-0.4, -0.2) is 88.9 Å². The zero-order valence-corrected chi connectivity index (χ0v) is 27.0. The maximum absolute atomic E-state index is 13.4. The van der Waals surface area contributed by atoms with E-state index in [1.165, 1.54) is 0 Å². The van der Waals surface area contributed by atoms with Gasteiger partial charge in [0.15, 0.2) is 11.7 Å². The Morgan fingerprint density at radius 1 is 0.787 bits per heavy atom. The number of aliphatic imine (C=N–C) groups is 1. The van der Waals surface area contributed by atoms with Gasteiger partial charge in [0.25, 0.3) is 0 Å². The molecule has 1 rings (SSSR count). The van der Waals surface area contributed by atoms with E-state index in [1.807, 2.05) is 0 Å². The second-order valence-corrected chi connectivity index (χ2v) is 11.7. The summed E-state index contributed by atoms with van der Waals surface area (Å²) in [5.41, 5.74) is 22.8. The first-order valence-electron chi connectivity index (χ1n) is 15.6. The SMILES string of the molecule is CC(C)C(CC(=O)[C@H](CC(=O)O)NC(=O)[C@H](CCCCN)NC(=O)[C@@H](N)CCCN=C(N)N)C(=O)N[C@@H](Cc1ccccc1)C(=O)O. The molecule has 16 nitrogen and oxygen atoms in total. The molecule has 47 heavy (non-hydrogen) atoms. The molecule has 1 aromatic carbocycles. The highest BCUT2D eigenvalue weighted by Gasteiger charge is 2.34. The summed E-state index contributed by atoms with van der Waals surface area (Å²) in [4.78, 5) is 80.2. The molecular formula is C31H50N8O8. The maximum Gasteiger partial charge on any atom is 0.326 e. The number of unbranched alkanes of at least 4 members (excludes halogenated alkanes) is 1. The van der Waals surface area contributed by atoms with E-state index in [2.05, 4.69) is 20.9 Å². The van der Waals surface area contributed by atoms with Crippen molar-refractivity contribution < 1.29 is 39.0 Å². The Hall–Kier alpha value is -4.57. The van der Waals surface area contributed by atoms with Gasteiger partial charge in [-0.15, -0.1) is 0 Å². The van der Waals surface area contributed by atoms with Gasteiger partial charge in [0.2, 0.25) is 17.7 Å². The number of nitrogens with one attached hydrogen (secondary N) is 3. The Morgan fingerprint density at radius 3 is 1.96 bits per heavy atom. The van der Waals surface area contributed by atoms with E-state index in [1.54, 1.807) is 44.2 Å². The molecule has 1 aromatic rings. The van der Waals surface area contributed by atoms with Crippen LogP contribution in [-0.2, 0) is 35.2 Å². The minimum absolute atomic E-state index is 0.00949. The van der Waals surface area contributed by atoms with E-state index in [4.69, 9.17) is 22.9 Å². The number of carbonyl (C=O) groups excluding carboxylic acids is 4. The summed E-state index contributed by atoms with van der Waals surface area (Å²) in [5, 5.41) is 26.7. The number of rotatable bonds is 23. The fourth-order valence-corrected chi connectivity index (χ4v) is 4.70. The summed E-state index contributed by atoms with van der Waals surface area (Å²) in [6.07, 6.45) is 0.487. The lowest BCUT2D eigenvalue weighted by Crippen LogP contribution is -2.55. The molecule has 0 aliphatic carbocycles. The molecule has 0 fully saturated rings. The average Bonchev–Trinajstić information content (AvgIpc) is 3.00. The zero-order valence-electron chi connectivity index (χ0n) is 27.0. The molecule has 1 unspecified atom stereocenters. The fourth-order valence-electron chi connectivity index (χ4n) is 4.70. The molecule has 0 aliphatic heterocycles. The monoisotopic (exact) mass is 662 g/mol. The molecule has 262 valence electrons. The maximum atomic E-state index is 13.4. The Morgan fingerprint density at radius 2 is 1.40 bits per heavy atom. The van der Waals surface area contributed by atoms with Gasteiger partial charge in [-0.3, -0.25) is 29.0 Å². The van der Waals surface area contributed by atoms with Crippen LogP contribution < -0.4 is 38.9 Å². The Labute approximate surface area is 274 Å². The van der Waals surface area contributed by atoms with Crippen LogP contribution >= 0.6 is 0 Å². The number of hydrogen-bond donors (Lipinski definition) is 9. The van der Waals surface area contributed by atoms with Gasteiger partial charge in [-0.05, 0) is 50.1 Å². The highest BCUT2D eigenvalue weighted by molar-refractivity contribution is 5.97. The number of ketones is 1. The van der Waals surface area contributed by atoms with Gasteiger partial charge in [-0.25, -0.2) is 4.79 Å². The van der Waals surface area contributed by atoms with E-state index in [0.29, 0.717) is 31.4 Å². The standard InChI is InChI=1S/C31H50N8O8/c1-18(2)20(27(43)39-24(30(46)47)15-19-9-4-3-5-10-19)16-25(40)23(17-26(41)42)38-29(45)22(12-6-7-13-32)37-28(44)21(33)11-8-14-36-31(34)35/h3-5,9-10,18,20-24H,6-8,11-17,32-33H2,1-2H3,(H,37,44)(H,38,45)(H,39,43)(H,41,42)(H,46,47)(H4,34,35,36)/t20?,21-,22-,23-,24-/m0/s1. The van der Waals surface area contributed by atoms with Gasteiger partial charge < -0.3 is 49.1 Å². The summed E-state index contributed by atoms with van der Waals surface area (Å²) in [6, 6.07) is 3.74. The fraction of sp³-hybridized carbons (Fsp3) is 0.581. The lowest BCUT2D eigenvalue weighted by atomic mass is 9.87. The van der Waals surface area contributed by atoms with Crippen molar-refractivity contribution in [3.63, 3.8) is 0 Å². The summed E-state index contributed by atoms with van der Waals surface area (Å²) in [5.74, 6) is -7.08. The van der Waals surface area contributed by atoms with Crippen molar-refractivity contribution in [3.8, 4) is 0 Å². The van der Waals surface area contributed by atoms with Gasteiger partial charge >= 0.3 is 11.9 Å². The third kappa shape index (κ3) is 16.0. The van der Waals surface area contributed by atoms with Crippen molar-refractivity contribution in [3.05, 3.63) is 35.9 Å². The third-order valence-corrected chi connectivity index (χ3v) is 7.43. The number of benzene rings is 1. The van der Waals surface area contributed by atoms with Crippen LogP contribution in [0.2, 0.25) is 0 Å². The minimum atomic E-state index is -1.53. The van der Waals surface area contributed by atoms with E-state index in [-0.39, 0.29) is 31.8 Å². The zero-order chi connectivity index (χ0) is 35.5. The molecule has 0 saturated heterocycles. The Balaban J connectivity index is 3.06. The smallest absolute Gasteiger partial charge is 0.326 e. The number of carboxylic acids is 2. The van der Waals surface area contributed by atoms with E-state index in [9.17, 15) is 39.0 Å². The highest BCUT2D eigenvalue weighted by Crippen LogP contribution is 2.19. The van der Waals surface area contributed by atoms with Crippen molar-refractivity contribution in [2.75, 3.05) is 13.1 Å². The second-order valence-electron chi connectivity index (χ2n) is 11.7. The Kier molecular flexibility index (Phi) is 18.3. The molecular weight excluding hydrogens is 612 g/mol. The molecule has 3 amide bonds. The largest absolute Gasteiger partial charge is 0.481 e. The number of carboxylic acid groups (broad SMARTS) is 2. The van der Waals surface area contributed by atoms with Gasteiger partial charge in [0.05, 0.1) is 18.5 Å². The summed E-state index contributed by atoms with van der Waals surface area (Å²) < 4.78 is 0. The average molecular weight is 663 g/mol. The summed E-state index contributed by atoms with van der Waals surface area (Å²) in [6.45, 7) is 3.92. The van der Waals surface area contributed by atoms with Gasteiger partial charge in [-0.2, -0.15) is 0 Å². The van der Waals surface area contributed by atoms with E-state index < -0.39 is 84.3 Å². The molecule has 0 heterocycles. The van der Waals surface area contributed by atoms with Crippen LogP contribution in [0.1, 0.15) is 64.4 Å². The van der Waals surface area contributed by atoms with Crippen LogP contribution in [0.4, 0.5) is 0 Å². The van der Waals surface area contributed by atoms with Crippen molar-refractivity contribution in [2.24, 2.45) is 39.8 Å². The van der Waals surface area contributed by atoms with Crippen LogP contribution in [0, 0.1) is 11.8 Å². The molecule has 0 aliphatic rings. The van der Waals surface area contributed by atoms with Crippen molar-refractivity contribution in [2.45, 2.75) is 89.4 Å². The van der Waals surface area contributed by atoms with Gasteiger partial charge in [0, 0.05) is 25.3 Å². The second kappa shape index (κ2) is 21.3. The quantitative estimate of drug-likeness (QED) is 0.0387. The van der Waals surface area contributed by atoms with Crippen molar-refractivity contribution in [1.29, 1.82) is 0 Å². The first-order valence-corrected chi connectivity index (χ1v) is 15.6. The molecule has 0 aromatic heterocycles. The van der Waals surface area contributed by atoms with Crippen LogP contribution in [0.3, 0.4) is 0 Å². The predicted octanol–water partition coefficient (Wildman–Crippen LogP) is -1.02. The van der Waals surface area contributed by atoms with Gasteiger partial charge in [0.1, 0.15) is 12.1 Å². The lowest BCUT2D eigenvalue weighted by Gasteiger charge is -2.26. The summed E-state index contributed by atoms with van der Waals surface area (Å²) in [7, 11) is 0. The first kappa shape index (κ1) is 40.5. The lowest BCUT2D eigenvalue weighted by molar-refractivity contribution is -0.144.